The summed E-state index contributed by atoms with van der Waals surface area (Å²) in [5, 5.41) is 13.7. The van der Waals surface area contributed by atoms with E-state index in [4.69, 9.17) is 16.3 Å². The van der Waals surface area contributed by atoms with Gasteiger partial charge in [-0.3, -0.25) is 0 Å². The Balaban J connectivity index is 2.23. The Morgan fingerprint density at radius 3 is 3.12 bits per heavy atom. The van der Waals surface area contributed by atoms with E-state index in [1.807, 2.05) is 36.6 Å². The zero-order chi connectivity index (χ0) is 18.1. The number of rotatable bonds is 7. The minimum atomic E-state index is -0.931. The second kappa shape index (κ2) is 9.26. The molecule has 0 unspecified atom stereocenters. The Kier molecular flexibility index (Phi) is 6.76. The minimum absolute atomic E-state index is 0.281. The van der Waals surface area contributed by atoms with Crippen LogP contribution in [0.2, 0.25) is 0 Å². The first-order chi connectivity index (χ1) is 12.2. The molecule has 1 heterocycles. The van der Waals surface area contributed by atoms with Crippen molar-refractivity contribution < 1.29 is 14.6 Å². The number of aromatic nitrogens is 2. The van der Waals surface area contributed by atoms with Crippen molar-refractivity contribution in [1.29, 1.82) is 0 Å². The molecule has 0 saturated carbocycles. The van der Waals surface area contributed by atoms with Gasteiger partial charge in [0.25, 0.3) is 0 Å². The summed E-state index contributed by atoms with van der Waals surface area (Å²) < 4.78 is 6.85. The van der Waals surface area contributed by atoms with Crippen LogP contribution in [0, 0.1) is 12.3 Å². The van der Waals surface area contributed by atoms with Crippen molar-refractivity contribution in [3.05, 3.63) is 66.1 Å². The Morgan fingerprint density at radius 2 is 2.40 bits per heavy atom. The molecule has 0 spiro atoms. The van der Waals surface area contributed by atoms with Crippen LogP contribution in [0.3, 0.4) is 0 Å². The maximum Gasteiger partial charge on any atom is 0.335 e. The van der Waals surface area contributed by atoms with E-state index in [1.54, 1.807) is 30.0 Å². The number of terminal acetylenes is 1. The number of nitrogens with zero attached hydrogens (tertiary/aromatic N) is 2. The molecule has 128 valence electrons. The second-order valence-electron chi connectivity index (χ2n) is 5.26. The van der Waals surface area contributed by atoms with Gasteiger partial charge in [0.1, 0.15) is 0 Å². The lowest BCUT2D eigenvalue weighted by molar-refractivity contribution is -0.132. The summed E-state index contributed by atoms with van der Waals surface area (Å²) >= 11 is 0. The normalized spacial score (nSPS) is 14.8. The Bertz CT molecular complexity index is 814. The van der Waals surface area contributed by atoms with E-state index in [-0.39, 0.29) is 5.57 Å². The number of hydrogen-bond acceptors (Lipinski definition) is 3. The third kappa shape index (κ3) is 5.20. The molecule has 0 amide bonds. The summed E-state index contributed by atoms with van der Waals surface area (Å²) in [4.78, 5) is 11.1. The van der Waals surface area contributed by atoms with Crippen molar-refractivity contribution in [3.63, 3.8) is 0 Å². The first-order valence-electron chi connectivity index (χ1n) is 7.82. The van der Waals surface area contributed by atoms with Gasteiger partial charge in [0.2, 0.25) is 0 Å². The molecule has 0 atom stereocenters. The van der Waals surface area contributed by atoms with Crippen LogP contribution in [0.5, 0.6) is 0 Å². The van der Waals surface area contributed by atoms with Crippen LogP contribution in [0.25, 0.3) is 11.3 Å². The first-order valence-corrected chi connectivity index (χ1v) is 7.82. The average molecular weight is 336 g/mol. The summed E-state index contributed by atoms with van der Waals surface area (Å²) in [5.74, 6) is 1.63. The van der Waals surface area contributed by atoms with Crippen molar-refractivity contribution in [3.8, 4) is 12.3 Å². The maximum atomic E-state index is 11.1. The van der Waals surface area contributed by atoms with Gasteiger partial charge in [-0.1, -0.05) is 24.3 Å². The van der Waals surface area contributed by atoms with Crippen molar-refractivity contribution >= 4 is 17.2 Å². The molecule has 0 radical (unpaired) electrons. The van der Waals surface area contributed by atoms with Crippen LogP contribution in [0.4, 0.5) is 0 Å². The molecule has 0 saturated heterocycles. The lowest BCUT2D eigenvalue weighted by Crippen LogP contribution is -1.99. The molecule has 0 bridgehead atoms. The molecule has 0 aliphatic heterocycles. The number of carbonyl (C=O) groups is 1. The Morgan fingerprint density at radius 1 is 1.56 bits per heavy atom. The first kappa shape index (κ1) is 18.2. The van der Waals surface area contributed by atoms with Crippen LogP contribution < -0.4 is 0 Å². The number of carboxylic acid groups (broad SMARTS) is 1. The number of ether oxygens (including phenoxy) is 1. The van der Waals surface area contributed by atoms with Crippen molar-refractivity contribution in [1.82, 2.24) is 9.78 Å². The van der Waals surface area contributed by atoms with Crippen LogP contribution in [-0.2, 0) is 9.53 Å². The number of methoxy groups -OCH3 is 1. The van der Waals surface area contributed by atoms with Crippen molar-refractivity contribution in [2.75, 3.05) is 13.7 Å². The van der Waals surface area contributed by atoms with Gasteiger partial charge in [-0.15, -0.1) is 12.3 Å². The van der Waals surface area contributed by atoms with Crippen molar-refractivity contribution in [2.24, 2.45) is 0 Å². The topological polar surface area (TPSA) is 64.3 Å². The summed E-state index contributed by atoms with van der Waals surface area (Å²) in [5.41, 5.74) is 2.88. The van der Waals surface area contributed by atoms with E-state index in [1.165, 1.54) is 0 Å². The zero-order valence-electron chi connectivity index (χ0n) is 14.1. The van der Waals surface area contributed by atoms with E-state index in [0.29, 0.717) is 19.4 Å². The number of carboxylic acids is 1. The highest BCUT2D eigenvalue weighted by atomic mass is 16.5. The fourth-order valence-corrected chi connectivity index (χ4v) is 2.27. The molecular formula is C20H20N2O3. The molecule has 0 aromatic carbocycles. The third-order valence-electron chi connectivity index (χ3n) is 3.53. The Labute approximate surface area is 147 Å². The lowest BCUT2D eigenvalue weighted by atomic mass is 10.1. The summed E-state index contributed by atoms with van der Waals surface area (Å²) in [7, 11) is 1.63. The molecular weight excluding hydrogens is 316 g/mol. The molecule has 5 nitrogen and oxygen atoms in total. The quantitative estimate of drug-likeness (QED) is 0.613. The number of allylic oxidation sites excluding steroid dienone is 7. The van der Waals surface area contributed by atoms with Crippen LogP contribution in [0.15, 0.2) is 60.4 Å². The molecule has 1 aromatic heterocycles. The summed E-state index contributed by atoms with van der Waals surface area (Å²) in [6.07, 6.45) is 20.8. The van der Waals surface area contributed by atoms with Gasteiger partial charge in [-0.2, -0.15) is 5.10 Å². The molecule has 0 fully saturated rings. The second-order valence-corrected chi connectivity index (χ2v) is 5.26. The van der Waals surface area contributed by atoms with Crippen molar-refractivity contribution in [2.45, 2.75) is 12.8 Å². The molecule has 1 aliphatic rings. The van der Waals surface area contributed by atoms with E-state index >= 15 is 0 Å². The fraction of sp³-hybridized carbons (Fsp3) is 0.200. The highest BCUT2D eigenvalue weighted by molar-refractivity contribution is 5.90. The molecule has 1 N–H and O–H groups in total. The third-order valence-corrected chi connectivity index (χ3v) is 3.53. The highest BCUT2D eigenvalue weighted by Gasteiger charge is 2.10. The number of aliphatic carboxylic acids is 1. The molecule has 25 heavy (non-hydrogen) atoms. The van der Waals surface area contributed by atoms with Gasteiger partial charge in [0, 0.05) is 19.7 Å². The lowest BCUT2D eigenvalue weighted by Gasteiger charge is -2.04. The maximum absolute atomic E-state index is 11.1. The smallest absolute Gasteiger partial charge is 0.335 e. The SMILES string of the molecule is C#CC/C=C\C(=C/COC)n1ccc(C2=CC=CC(C(=O)O)=CC2)n1. The fourth-order valence-electron chi connectivity index (χ4n) is 2.27. The van der Waals surface area contributed by atoms with Gasteiger partial charge in [0.05, 0.1) is 23.6 Å². The molecule has 5 heteroatoms. The van der Waals surface area contributed by atoms with Gasteiger partial charge >= 0.3 is 5.97 Å². The standard InChI is InChI=1S/C20H20N2O3/c1-3-4-5-9-18(13-15-25-2)22-14-12-19(21-22)16-7-6-8-17(11-10-16)20(23)24/h1,5-9,11-14H,4,10,15H2,2H3,(H,23,24)/b9-5-,18-13+. The van der Waals surface area contributed by atoms with Crippen LogP contribution in [0.1, 0.15) is 18.5 Å². The minimum Gasteiger partial charge on any atom is -0.478 e. The average Bonchev–Trinajstić information content (AvgIpc) is 2.95. The highest BCUT2D eigenvalue weighted by Crippen LogP contribution is 2.22. The predicted octanol–water partition coefficient (Wildman–Crippen LogP) is 3.30. The van der Waals surface area contributed by atoms with Gasteiger partial charge in [-0.05, 0) is 36.3 Å². The van der Waals surface area contributed by atoms with Crippen LogP contribution >= 0.6 is 0 Å². The summed E-state index contributed by atoms with van der Waals surface area (Å²) in [6.45, 7) is 0.459. The molecule has 1 aliphatic carbocycles. The number of hydrogen-bond donors (Lipinski definition) is 1. The van der Waals surface area contributed by atoms with Gasteiger partial charge in [0.15, 0.2) is 0 Å². The van der Waals surface area contributed by atoms with Gasteiger partial charge in [-0.25, -0.2) is 9.48 Å². The van der Waals surface area contributed by atoms with E-state index in [2.05, 4.69) is 11.0 Å². The Hall–Kier alpha value is -3.10. The largest absolute Gasteiger partial charge is 0.478 e. The zero-order valence-corrected chi connectivity index (χ0v) is 14.1. The van der Waals surface area contributed by atoms with Crippen LogP contribution in [-0.4, -0.2) is 34.6 Å². The molecule has 2 rings (SSSR count). The van der Waals surface area contributed by atoms with E-state index in [0.717, 1.165) is 17.0 Å². The monoisotopic (exact) mass is 336 g/mol. The summed E-state index contributed by atoms with van der Waals surface area (Å²) in [6, 6.07) is 1.90. The van der Waals surface area contributed by atoms with E-state index in [9.17, 15) is 4.79 Å². The molecule has 1 aromatic rings. The predicted molar refractivity (Wildman–Crippen MR) is 98.4 cm³/mol. The van der Waals surface area contributed by atoms with Gasteiger partial charge < -0.3 is 9.84 Å². The van der Waals surface area contributed by atoms with E-state index < -0.39 is 5.97 Å².